The zero-order chi connectivity index (χ0) is 42.7. The Bertz CT molecular complexity index is 2240. The summed E-state index contributed by atoms with van der Waals surface area (Å²) in [5.74, 6) is -3.49. The highest BCUT2D eigenvalue weighted by atomic mass is 19.4. The highest BCUT2D eigenvalue weighted by Gasteiger charge is 2.71. The quantitative estimate of drug-likeness (QED) is 0.129. The number of ether oxygens (including phenoxy) is 2. The molecule has 59 heavy (non-hydrogen) atoms. The second kappa shape index (κ2) is 14.9. The number of methoxy groups -OCH3 is 1. The van der Waals surface area contributed by atoms with Crippen LogP contribution in [0.1, 0.15) is 55.8 Å². The van der Waals surface area contributed by atoms with Crippen molar-refractivity contribution in [3.63, 3.8) is 0 Å². The van der Waals surface area contributed by atoms with Gasteiger partial charge in [-0.05, 0) is 65.9 Å². The maximum Gasteiger partial charge on any atom is 0.416 e. The largest absolute Gasteiger partial charge is 0.507 e. The lowest BCUT2D eigenvalue weighted by Crippen LogP contribution is -2.65. The molecule has 2 amide bonds. The van der Waals surface area contributed by atoms with Gasteiger partial charge in [0.25, 0.3) is 5.91 Å². The summed E-state index contributed by atoms with van der Waals surface area (Å²) in [6.45, 7) is -0.264. The van der Waals surface area contributed by atoms with Crippen LogP contribution in [0.4, 0.5) is 39.5 Å². The number of phenols is 1. The SMILES string of the molecule is COC(=O)c1c(O)cc(COCC2CN(C(=O)c3cnn(Cc4ccc(C(F)(F)F)cc4)c3)CC23CN(C(=O)C2(C(F)(F)F)CC2)C3)cc1-c1ccc(C(F)(F)F)cc1. The van der Waals surface area contributed by atoms with Crippen molar-refractivity contribution in [2.24, 2.45) is 16.7 Å². The third kappa shape index (κ3) is 8.08. The highest BCUT2D eigenvalue weighted by molar-refractivity contribution is 6.00. The first kappa shape index (κ1) is 41.6. The third-order valence-corrected chi connectivity index (χ3v) is 11.3. The number of phenolic OH excluding ortho intramolecular Hbond substituents is 1. The number of carbonyl (C=O) groups is 3. The van der Waals surface area contributed by atoms with Gasteiger partial charge < -0.3 is 24.4 Å². The number of hydrogen-bond donors (Lipinski definition) is 1. The number of halogens is 9. The molecule has 0 radical (unpaired) electrons. The van der Waals surface area contributed by atoms with Gasteiger partial charge in [-0.25, -0.2) is 4.79 Å². The first-order valence-corrected chi connectivity index (χ1v) is 18.2. The van der Waals surface area contributed by atoms with E-state index in [1.54, 1.807) is 0 Å². The topological polar surface area (TPSA) is 114 Å². The van der Waals surface area contributed by atoms with Crippen molar-refractivity contribution in [1.29, 1.82) is 0 Å². The monoisotopic (exact) mass is 838 g/mol. The van der Waals surface area contributed by atoms with Crippen LogP contribution in [0, 0.1) is 16.7 Å². The third-order valence-electron chi connectivity index (χ3n) is 11.3. The molecule has 2 saturated heterocycles. The van der Waals surface area contributed by atoms with E-state index in [4.69, 9.17) is 9.47 Å². The Morgan fingerprint density at radius 1 is 0.831 bits per heavy atom. The molecule has 1 saturated carbocycles. The van der Waals surface area contributed by atoms with Crippen molar-refractivity contribution < 1.29 is 68.5 Å². The van der Waals surface area contributed by atoms with Crippen molar-refractivity contribution in [1.82, 2.24) is 19.6 Å². The van der Waals surface area contributed by atoms with Crippen molar-refractivity contribution in [2.75, 3.05) is 39.9 Å². The lowest BCUT2D eigenvalue weighted by atomic mass is 9.71. The molecule has 1 atom stereocenters. The lowest BCUT2D eigenvalue weighted by molar-refractivity contribution is -0.205. The van der Waals surface area contributed by atoms with Crippen LogP contribution >= 0.6 is 0 Å². The summed E-state index contributed by atoms with van der Waals surface area (Å²) in [5.41, 5.74) is -4.18. The van der Waals surface area contributed by atoms with Crippen LogP contribution in [0.15, 0.2) is 73.1 Å². The number of esters is 1. The predicted octanol–water partition coefficient (Wildman–Crippen LogP) is 7.59. The summed E-state index contributed by atoms with van der Waals surface area (Å²) < 4.78 is 133. The molecule has 3 heterocycles. The van der Waals surface area contributed by atoms with Crippen molar-refractivity contribution in [3.8, 4) is 16.9 Å². The molecule has 3 fully saturated rings. The van der Waals surface area contributed by atoms with Crippen LogP contribution < -0.4 is 0 Å². The Morgan fingerprint density at radius 2 is 1.42 bits per heavy atom. The van der Waals surface area contributed by atoms with Crippen LogP contribution in [-0.2, 0) is 39.8 Å². The fourth-order valence-corrected chi connectivity index (χ4v) is 7.88. The molecule has 3 aliphatic rings. The number of nitrogens with zero attached hydrogens (tertiary/aromatic N) is 4. The molecular formula is C40H35F9N4O6. The molecule has 1 aromatic heterocycles. The average Bonchev–Trinajstić information content (AvgIpc) is 3.73. The first-order chi connectivity index (χ1) is 27.6. The van der Waals surface area contributed by atoms with Crippen LogP contribution in [-0.4, -0.2) is 88.5 Å². The van der Waals surface area contributed by atoms with E-state index in [0.29, 0.717) is 11.1 Å². The molecule has 3 aromatic carbocycles. The van der Waals surface area contributed by atoms with E-state index in [2.05, 4.69) is 5.10 Å². The number of hydrogen-bond acceptors (Lipinski definition) is 7. The molecule has 1 N–H and O–H groups in total. The van der Waals surface area contributed by atoms with E-state index in [9.17, 15) is 59.0 Å². The molecule has 4 aromatic rings. The van der Waals surface area contributed by atoms with Crippen molar-refractivity contribution >= 4 is 17.8 Å². The second-order valence-electron chi connectivity index (χ2n) is 15.2. The molecule has 1 spiro atoms. The molecule has 314 valence electrons. The van der Waals surface area contributed by atoms with Crippen molar-refractivity contribution in [3.05, 3.63) is 106 Å². The summed E-state index contributed by atoms with van der Waals surface area (Å²) in [4.78, 5) is 42.2. The number of aromatic hydroxyl groups is 1. The lowest BCUT2D eigenvalue weighted by Gasteiger charge is -2.51. The fourth-order valence-electron chi connectivity index (χ4n) is 7.88. The van der Waals surface area contributed by atoms with E-state index < -0.39 is 69.9 Å². The molecule has 1 aliphatic carbocycles. The molecule has 2 aliphatic heterocycles. The van der Waals surface area contributed by atoms with E-state index in [1.807, 2.05) is 0 Å². The maximum absolute atomic E-state index is 13.9. The van der Waals surface area contributed by atoms with Gasteiger partial charge in [0.1, 0.15) is 16.7 Å². The normalized spacial score (nSPS) is 18.5. The summed E-state index contributed by atoms with van der Waals surface area (Å²) in [7, 11) is 1.07. The Balaban J connectivity index is 1.08. The zero-order valence-corrected chi connectivity index (χ0v) is 31.0. The number of amides is 2. The predicted molar refractivity (Wildman–Crippen MR) is 188 cm³/mol. The standard InChI is InChI=1S/C40H35F9N4O6/c1-58-34(56)32-30(25-4-8-28(9-5-25)39(44,45)46)12-24(13-31(32)54)18-59-19-29-17-51(20-36(29)21-52(22-36)35(57)37(10-11-37)40(47,48)49)33(55)26-14-50-53(16-26)15-23-2-6-27(7-3-23)38(41,42)43/h2-9,12-14,16,29,54H,10-11,15,17-22H2,1H3. The van der Waals surface area contributed by atoms with E-state index in [0.717, 1.165) is 48.4 Å². The van der Waals surface area contributed by atoms with Crippen molar-refractivity contribution in [2.45, 2.75) is 44.5 Å². The van der Waals surface area contributed by atoms with Gasteiger partial charge in [-0.3, -0.25) is 14.3 Å². The van der Waals surface area contributed by atoms with Gasteiger partial charge in [0.2, 0.25) is 5.91 Å². The molecule has 10 nitrogen and oxygen atoms in total. The maximum atomic E-state index is 13.9. The highest BCUT2D eigenvalue weighted by Crippen LogP contribution is 2.60. The Hall–Kier alpha value is -5.59. The van der Waals surface area contributed by atoms with Gasteiger partial charge in [-0.15, -0.1) is 0 Å². The first-order valence-electron chi connectivity index (χ1n) is 18.2. The van der Waals surface area contributed by atoms with Crippen LogP contribution in [0.25, 0.3) is 11.1 Å². The van der Waals surface area contributed by atoms with Crippen LogP contribution in [0.3, 0.4) is 0 Å². The molecular weight excluding hydrogens is 803 g/mol. The van der Waals surface area contributed by atoms with Gasteiger partial charge in [0.05, 0.1) is 49.8 Å². The van der Waals surface area contributed by atoms with E-state index in [-0.39, 0.29) is 81.0 Å². The minimum absolute atomic E-state index is 0.0550. The smallest absolute Gasteiger partial charge is 0.416 e. The second-order valence-corrected chi connectivity index (χ2v) is 15.2. The summed E-state index contributed by atoms with van der Waals surface area (Å²) in [6.07, 6.45) is -11.8. The van der Waals surface area contributed by atoms with E-state index >= 15 is 0 Å². The van der Waals surface area contributed by atoms with Gasteiger partial charge in [0, 0.05) is 49.3 Å². The molecule has 7 rings (SSSR count). The van der Waals surface area contributed by atoms with Gasteiger partial charge in [0.15, 0.2) is 0 Å². The number of aromatic nitrogens is 2. The van der Waals surface area contributed by atoms with Crippen LogP contribution in [0.5, 0.6) is 5.75 Å². The van der Waals surface area contributed by atoms with Gasteiger partial charge >= 0.3 is 24.5 Å². The van der Waals surface area contributed by atoms with E-state index in [1.165, 1.54) is 46.2 Å². The summed E-state index contributed by atoms with van der Waals surface area (Å²) >= 11 is 0. The molecule has 0 bridgehead atoms. The average molecular weight is 839 g/mol. The number of benzene rings is 3. The van der Waals surface area contributed by atoms with Gasteiger partial charge in [-0.1, -0.05) is 24.3 Å². The Labute approximate surface area is 330 Å². The number of rotatable bonds is 10. The molecule has 1 unspecified atom stereocenters. The number of carbonyl (C=O) groups excluding carboxylic acids is 3. The minimum Gasteiger partial charge on any atom is -0.507 e. The summed E-state index contributed by atoms with van der Waals surface area (Å²) in [5, 5.41) is 15.0. The van der Waals surface area contributed by atoms with Crippen LogP contribution in [0.2, 0.25) is 0 Å². The fraction of sp³-hybridized carbons (Fsp3) is 0.400. The zero-order valence-electron chi connectivity index (χ0n) is 31.0. The van der Waals surface area contributed by atoms with Gasteiger partial charge in [-0.2, -0.15) is 44.6 Å². The Kier molecular flexibility index (Phi) is 10.5. The minimum atomic E-state index is -4.72. The Morgan fingerprint density at radius 3 is 1.98 bits per heavy atom. The number of alkyl halides is 9. The summed E-state index contributed by atoms with van der Waals surface area (Å²) in [6, 6.07) is 11.0. The number of likely N-dealkylation sites (tertiary alicyclic amines) is 2. The molecule has 19 heteroatoms.